The number of pyridine rings is 1. The number of rotatable bonds is 4. The molecule has 7 heteroatoms. The topological polar surface area (TPSA) is 100 Å². The lowest BCUT2D eigenvalue weighted by molar-refractivity contribution is 0.0832. The van der Waals surface area contributed by atoms with Crippen LogP contribution in [0.15, 0.2) is 53.3 Å². The molecule has 0 aliphatic carbocycles. The monoisotopic (exact) mass is 403 g/mol. The van der Waals surface area contributed by atoms with Crippen LogP contribution in [0.4, 0.5) is 5.82 Å². The molecule has 0 atom stereocenters. The number of hydrogen-bond donors (Lipinski definition) is 3. The number of H-pyrrole nitrogens is 1. The van der Waals surface area contributed by atoms with E-state index in [9.17, 15) is 9.90 Å². The summed E-state index contributed by atoms with van der Waals surface area (Å²) in [7, 11) is 0. The van der Waals surface area contributed by atoms with Crippen molar-refractivity contribution >= 4 is 27.6 Å². The molecule has 1 fully saturated rings. The van der Waals surface area contributed by atoms with E-state index in [1.165, 1.54) is 5.56 Å². The number of anilines is 1. The van der Waals surface area contributed by atoms with E-state index in [2.05, 4.69) is 27.1 Å². The standard InChI is InChI=1S/C23H25N5O2/c24-22-20-21(18-3-1-2-4-19(18)25-23(20)30)26-28(22)16-7-5-15(6-8-16)9-12-27-13-10-17(29)11-14-27/h1-8,17,29H,9-14,24H2,(H,25,30). The number of nitrogens with two attached hydrogens (primary N) is 1. The van der Waals surface area contributed by atoms with Crippen LogP contribution in [-0.4, -0.2) is 50.5 Å². The van der Waals surface area contributed by atoms with Crippen molar-refractivity contribution in [3.8, 4) is 5.69 Å². The van der Waals surface area contributed by atoms with E-state index in [0.29, 0.717) is 16.7 Å². The minimum absolute atomic E-state index is 0.139. The average molecular weight is 403 g/mol. The summed E-state index contributed by atoms with van der Waals surface area (Å²) in [5.41, 5.74) is 9.53. The number of nitrogens with zero attached hydrogens (tertiary/aromatic N) is 3. The summed E-state index contributed by atoms with van der Waals surface area (Å²) in [6.45, 7) is 2.90. The van der Waals surface area contributed by atoms with Crippen molar-refractivity contribution in [2.45, 2.75) is 25.4 Å². The Kier molecular flexibility index (Phi) is 4.77. The highest BCUT2D eigenvalue weighted by molar-refractivity contribution is 6.06. The number of aromatic nitrogens is 3. The molecule has 0 radical (unpaired) electrons. The van der Waals surface area contributed by atoms with Crippen LogP contribution in [0.5, 0.6) is 0 Å². The first-order valence-electron chi connectivity index (χ1n) is 10.4. The van der Waals surface area contributed by atoms with Crippen molar-refractivity contribution in [1.82, 2.24) is 19.7 Å². The van der Waals surface area contributed by atoms with Crippen LogP contribution in [0.25, 0.3) is 27.5 Å². The SMILES string of the molecule is Nc1c2c(=O)[nH]c3ccccc3c2nn1-c1ccc(CCN2CCC(O)CC2)cc1. The van der Waals surface area contributed by atoms with Gasteiger partial charge in [0, 0.05) is 25.0 Å². The van der Waals surface area contributed by atoms with Crippen molar-refractivity contribution in [1.29, 1.82) is 0 Å². The number of benzene rings is 2. The Bertz CT molecular complexity index is 1250. The lowest BCUT2D eigenvalue weighted by Gasteiger charge is -2.29. The highest BCUT2D eigenvalue weighted by atomic mass is 16.3. The molecular formula is C23H25N5O2. The zero-order valence-electron chi connectivity index (χ0n) is 16.7. The van der Waals surface area contributed by atoms with Crippen LogP contribution in [0.3, 0.4) is 0 Å². The number of aliphatic hydroxyl groups excluding tert-OH is 1. The van der Waals surface area contributed by atoms with E-state index in [0.717, 1.165) is 55.5 Å². The molecule has 1 saturated heterocycles. The number of likely N-dealkylation sites (tertiary alicyclic amines) is 1. The second-order valence-electron chi connectivity index (χ2n) is 8.01. The largest absolute Gasteiger partial charge is 0.393 e. The Morgan fingerprint density at radius 1 is 1.10 bits per heavy atom. The van der Waals surface area contributed by atoms with Crippen molar-refractivity contribution in [2.24, 2.45) is 0 Å². The molecule has 0 bridgehead atoms. The third-order valence-electron chi connectivity index (χ3n) is 6.03. The molecule has 2 aromatic carbocycles. The Labute approximate surface area is 173 Å². The fourth-order valence-corrected chi connectivity index (χ4v) is 4.26. The second-order valence-corrected chi connectivity index (χ2v) is 8.01. The predicted octanol–water partition coefficient (Wildman–Crippen LogP) is 2.45. The molecule has 0 spiro atoms. The molecule has 0 saturated carbocycles. The number of piperidine rings is 1. The van der Waals surface area contributed by atoms with Gasteiger partial charge in [-0.1, -0.05) is 30.3 Å². The normalized spacial score (nSPS) is 15.9. The van der Waals surface area contributed by atoms with Gasteiger partial charge in [0.15, 0.2) is 0 Å². The van der Waals surface area contributed by atoms with Gasteiger partial charge in [-0.15, -0.1) is 0 Å². The molecule has 5 rings (SSSR count). The number of hydrogen-bond acceptors (Lipinski definition) is 5. The summed E-state index contributed by atoms with van der Waals surface area (Å²) in [5.74, 6) is 0.344. The fourth-order valence-electron chi connectivity index (χ4n) is 4.26. The Hall–Kier alpha value is -3.16. The van der Waals surface area contributed by atoms with Crippen molar-refractivity contribution < 1.29 is 5.11 Å². The molecule has 0 amide bonds. The van der Waals surface area contributed by atoms with E-state index >= 15 is 0 Å². The van der Waals surface area contributed by atoms with Crippen molar-refractivity contribution in [3.05, 3.63) is 64.4 Å². The summed E-state index contributed by atoms with van der Waals surface area (Å²) < 4.78 is 1.64. The highest BCUT2D eigenvalue weighted by Crippen LogP contribution is 2.26. The van der Waals surface area contributed by atoms with Crippen LogP contribution in [0, 0.1) is 0 Å². The lowest BCUT2D eigenvalue weighted by Crippen LogP contribution is -2.37. The number of aliphatic hydroxyl groups is 1. The van der Waals surface area contributed by atoms with Gasteiger partial charge in [-0.25, -0.2) is 4.68 Å². The van der Waals surface area contributed by atoms with Crippen LogP contribution >= 0.6 is 0 Å². The number of nitrogens with one attached hydrogen (secondary N) is 1. The Morgan fingerprint density at radius 2 is 1.83 bits per heavy atom. The molecule has 30 heavy (non-hydrogen) atoms. The van der Waals surface area contributed by atoms with Gasteiger partial charge in [-0.3, -0.25) is 4.79 Å². The van der Waals surface area contributed by atoms with Gasteiger partial charge in [-0.05, 0) is 43.0 Å². The minimum Gasteiger partial charge on any atom is -0.393 e. The summed E-state index contributed by atoms with van der Waals surface area (Å²) in [4.78, 5) is 17.8. The van der Waals surface area contributed by atoms with Crippen LogP contribution < -0.4 is 11.3 Å². The maximum atomic E-state index is 12.6. The highest BCUT2D eigenvalue weighted by Gasteiger charge is 2.17. The molecule has 7 nitrogen and oxygen atoms in total. The maximum Gasteiger partial charge on any atom is 0.261 e. The molecule has 154 valence electrons. The quantitative estimate of drug-likeness (QED) is 0.486. The van der Waals surface area contributed by atoms with Crippen LogP contribution in [0.1, 0.15) is 18.4 Å². The number of fused-ring (bicyclic) bond motifs is 3. The molecular weight excluding hydrogens is 378 g/mol. The van der Waals surface area contributed by atoms with E-state index < -0.39 is 0 Å². The Morgan fingerprint density at radius 3 is 2.60 bits per heavy atom. The van der Waals surface area contributed by atoms with Crippen molar-refractivity contribution in [3.63, 3.8) is 0 Å². The smallest absolute Gasteiger partial charge is 0.261 e. The molecule has 1 aliphatic heterocycles. The average Bonchev–Trinajstić information content (AvgIpc) is 3.12. The number of aromatic amines is 1. The predicted molar refractivity (Wildman–Crippen MR) is 119 cm³/mol. The number of para-hydroxylation sites is 1. The molecule has 2 aromatic heterocycles. The third-order valence-corrected chi connectivity index (χ3v) is 6.03. The van der Waals surface area contributed by atoms with Gasteiger partial charge < -0.3 is 20.7 Å². The minimum atomic E-state index is -0.226. The van der Waals surface area contributed by atoms with Gasteiger partial charge in [0.05, 0.1) is 17.3 Å². The molecule has 4 aromatic rings. The first-order chi connectivity index (χ1) is 14.6. The summed E-state index contributed by atoms with van der Waals surface area (Å²) in [5, 5.41) is 15.6. The van der Waals surface area contributed by atoms with Gasteiger partial charge in [-0.2, -0.15) is 5.10 Å². The number of nitrogen functional groups attached to an aromatic ring is 1. The summed E-state index contributed by atoms with van der Waals surface area (Å²) in [6, 6.07) is 15.8. The molecule has 4 N–H and O–H groups in total. The zero-order valence-corrected chi connectivity index (χ0v) is 16.7. The zero-order chi connectivity index (χ0) is 20.7. The van der Waals surface area contributed by atoms with Gasteiger partial charge in [0.2, 0.25) is 0 Å². The molecule has 3 heterocycles. The van der Waals surface area contributed by atoms with E-state index in [1.807, 2.05) is 36.4 Å². The maximum absolute atomic E-state index is 12.6. The van der Waals surface area contributed by atoms with E-state index in [4.69, 9.17) is 5.73 Å². The van der Waals surface area contributed by atoms with Gasteiger partial charge in [0.25, 0.3) is 5.56 Å². The second kappa shape index (κ2) is 7.59. The third kappa shape index (κ3) is 3.36. The first-order valence-corrected chi connectivity index (χ1v) is 10.4. The Balaban J connectivity index is 1.42. The van der Waals surface area contributed by atoms with Gasteiger partial charge >= 0.3 is 0 Å². The fraction of sp³-hybridized carbons (Fsp3) is 0.304. The van der Waals surface area contributed by atoms with Gasteiger partial charge in [0.1, 0.15) is 16.7 Å². The van der Waals surface area contributed by atoms with E-state index in [-0.39, 0.29) is 11.7 Å². The summed E-state index contributed by atoms with van der Waals surface area (Å²) >= 11 is 0. The molecule has 1 aliphatic rings. The van der Waals surface area contributed by atoms with Crippen LogP contribution in [-0.2, 0) is 6.42 Å². The molecule has 0 unspecified atom stereocenters. The lowest BCUT2D eigenvalue weighted by atomic mass is 10.1. The van der Waals surface area contributed by atoms with Crippen LogP contribution in [0.2, 0.25) is 0 Å². The summed E-state index contributed by atoms with van der Waals surface area (Å²) in [6.07, 6.45) is 2.54. The van der Waals surface area contributed by atoms with Crippen molar-refractivity contribution in [2.75, 3.05) is 25.4 Å². The first kappa shape index (κ1) is 18.8. The van der Waals surface area contributed by atoms with E-state index in [1.54, 1.807) is 4.68 Å².